The molecule has 4 rings (SSSR count). The maximum Gasteiger partial charge on any atom is 0.295 e. The van der Waals surface area contributed by atoms with Gasteiger partial charge in [-0.3, -0.25) is 14.5 Å². The predicted molar refractivity (Wildman–Crippen MR) is 134 cm³/mol. The van der Waals surface area contributed by atoms with Crippen molar-refractivity contribution in [3.05, 3.63) is 70.3 Å². The second-order valence-electron chi connectivity index (χ2n) is 9.23. The number of hydrogen-bond acceptors (Lipinski definition) is 6. The third-order valence-electron chi connectivity index (χ3n) is 6.20. The third-order valence-corrected chi connectivity index (χ3v) is 6.45. The van der Waals surface area contributed by atoms with E-state index in [1.165, 1.54) is 0 Å². The Morgan fingerprint density at radius 2 is 1.71 bits per heavy atom. The predicted octanol–water partition coefficient (Wildman–Crippen LogP) is 4.13. The fraction of sp³-hybridized carbons (Fsp3) is 0.407. The van der Waals surface area contributed by atoms with Crippen LogP contribution in [0.5, 0.6) is 5.75 Å². The first kappa shape index (κ1) is 25.2. The van der Waals surface area contributed by atoms with Crippen LogP contribution in [0.15, 0.2) is 54.1 Å². The molecule has 0 saturated carbocycles. The Hall–Kier alpha value is -2.87. The summed E-state index contributed by atoms with van der Waals surface area (Å²) in [7, 11) is 0. The maximum atomic E-state index is 13.2. The summed E-state index contributed by atoms with van der Waals surface area (Å²) >= 11 is 6.09. The Balaban J connectivity index is 1.66. The first-order valence-corrected chi connectivity index (χ1v) is 12.3. The lowest BCUT2D eigenvalue weighted by Crippen LogP contribution is -2.42. The summed E-state index contributed by atoms with van der Waals surface area (Å²) in [4.78, 5) is 30.1. The molecule has 0 aromatic heterocycles. The molecule has 1 amide bonds. The fourth-order valence-corrected chi connectivity index (χ4v) is 4.43. The minimum Gasteiger partial charge on any atom is -0.507 e. The van der Waals surface area contributed by atoms with Crippen LogP contribution in [0.1, 0.15) is 31.0 Å². The van der Waals surface area contributed by atoms with Crippen molar-refractivity contribution in [2.24, 2.45) is 5.92 Å². The second-order valence-corrected chi connectivity index (χ2v) is 9.66. The maximum absolute atomic E-state index is 13.2. The number of hydrogen-bond donors (Lipinski definition) is 1. The molecule has 1 N–H and O–H groups in total. The largest absolute Gasteiger partial charge is 0.507 e. The molecule has 2 aliphatic rings. The van der Waals surface area contributed by atoms with E-state index in [-0.39, 0.29) is 11.3 Å². The number of carbonyl (C=O) groups excluding carboxylic acids is 2. The van der Waals surface area contributed by atoms with Gasteiger partial charge in [0.2, 0.25) is 0 Å². The molecule has 2 aromatic carbocycles. The Morgan fingerprint density at radius 1 is 1.06 bits per heavy atom. The van der Waals surface area contributed by atoms with Crippen LogP contribution in [0, 0.1) is 5.92 Å². The SMILES string of the molecule is CC(C)COc1ccc(/C(O)=C2\C(=O)C(=O)N(CCN3CCOCC3)C2c2ccc(Cl)cc2)cc1. The number of aliphatic hydroxyl groups excluding tert-OH is 1. The van der Waals surface area contributed by atoms with E-state index in [1.54, 1.807) is 53.4 Å². The van der Waals surface area contributed by atoms with E-state index in [0.717, 1.165) is 13.1 Å². The molecule has 35 heavy (non-hydrogen) atoms. The van der Waals surface area contributed by atoms with E-state index in [9.17, 15) is 14.7 Å². The van der Waals surface area contributed by atoms with Gasteiger partial charge in [-0.15, -0.1) is 0 Å². The number of aliphatic hydroxyl groups is 1. The Morgan fingerprint density at radius 3 is 2.34 bits per heavy atom. The van der Waals surface area contributed by atoms with Crippen LogP contribution in [-0.4, -0.2) is 72.6 Å². The summed E-state index contributed by atoms with van der Waals surface area (Å²) in [6.07, 6.45) is 0. The van der Waals surface area contributed by atoms with Gasteiger partial charge in [-0.25, -0.2) is 0 Å². The van der Waals surface area contributed by atoms with Gasteiger partial charge in [0.15, 0.2) is 0 Å². The monoisotopic (exact) mass is 498 g/mol. The van der Waals surface area contributed by atoms with Gasteiger partial charge in [-0.2, -0.15) is 0 Å². The van der Waals surface area contributed by atoms with Gasteiger partial charge in [-0.05, 0) is 47.9 Å². The number of ketones is 1. The van der Waals surface area contributed by atoms with Gasteiger partial charge in [0, 0.05) is 36.8 Å². The van der Waals surface area contributed by atoms with Crippen LogP contribution in [-0.2, 0) is 14.3 Å². The molecule has 2 heterocycles. The van der Waals surface area contributed by atoms with Crippen molar-refractivity contribution in [2.75, 3.05) is 46.0 Å². The van der Waals surface area contributed by atoms with E-state index in [1.807, 2.05) is 0 Å². The first-order chi connectivity index (χ1) is 16.8. The van der Waals surface area contributed by atoms with Crippen molar-refractivity contribution in [3.63, 3.8) is 0 Å². The third kappa shape index (κ3) is 5.86. The highest BCUT2D eigenvalue weighted by molar-refractivity contribution is 6.46. The standard InChI is InChI=1S/C27H31ClN2O5/c1-18(2)17-35-22-9-5-20(6-10-22)25(31)23-24(19-3-7-21(28)8-4-19)30(27(33)26(23)32)12-11-29-13-15-34-16-14-29/h3-10,18,24,31H,11-17H2,1-2H3/b25-23+. The smallest absolute Gasteiger partial charge is 0.295 e. The number of amides is 1. The molecule has 1 atom stereocenters. The van der Waals surface area contributed by atoms with Crippen LogP contribution in [0.2, 0.25) is 5.02 Å². The molecule has 0 bridgehead atoms. The first-order valence-electron chi connectivity index (χ1n) is 11.9. The van der Waals surface area contributed by atoms with E-state index >= 15 is 0 Å². The van der Waals surface area contributed by atoms with Crippen LogP contribution in [0.4, 0.5) is 0 Å². The Kier molecular flexibility index (Phi) is 8.11. The zero-order valence-electron chi connectivity index (χ0n) is 20.1. The lowest BCUT2D eigenvalue weighted by Gasteiger charge is -2.31. The van der Waals surface area contributed by atoms with Crippen LogP contribution < -0.4 is 4.74 Å². The van der Waals surface area contributed by atoms with Crippen molar-refractivity contribution in [1.29, 1.82) is 0 Å². The van der Waals surface area contributed by atoms with E-state index in [2.05, 4.69) is 18.7 Å². The Labute approximate surface area is 210 Å². The number of likely N-dealkylation sites (tertiary alicyclic amines) is 1. The lowest BCUT2D eigenvalue weighted by atomic mass is 9.95. The molecule has 2 aromatic rings. The zero-order valence-corrected chi connectivity index (χ0v) is 20.8. The number of benzene rings is 2. The summed E-state index contributed by atoms with van der Waals surface area (Å²) in [5.74, 6) is -0.444. The Bertz CT molecular complexity index is 1080. The van der Waals surface area contributed by atoms with Crippen LogP contribution in [0.25, 0.3) is 5.76 Å². The highest BCUT2D eigenvalue weighted by Crippen LogP contribution is 2.39. The van der Waals surface area contributed by atoms with Crippen LogP contribution >= 0.6 is 11.6 Å². The number of morpholine rings is 1. The molecule has 7 nitrogen and oxygen atoms in total. The molecule has 1 unspecified atom stereocenters. The van der Waals surface area contributed by atoms with Gasteiger partial charge in [0.05, 0.1) is 31.4 Å². The molecule has 0 radical (unpaired) electrons. The van der Waals surface area contributed by atoms with Crippen LogP contribution in [0.3, 0.4) is 0 Å². The minimum atomic E-state index is -0.704. The average molecular weight is 499 g/mol. The number of Topliss-reactive ketones (excluding diaryl/α,β-unsaturated/α-hetero) is 1. The number of rotatable bonds is 8. The van der Waals surface area contributed by atoms with Crippen molar-refractivity contribution in [1.82, 2.24) is 9.80 Å². The van der Waals surface area contributed by atoms with Crippen molar-refractivity contribution < 1.29 is 24.2 Å². The molecule has 0 spiro atoms. The van der Waals surface area contributed by atoms with Crippen molar-refractivity contribution in [3.8, 4) is 5.75 Å². The number of nitrogens with zero attached hydrogens (tertiary/aromatic N) is 2. The van der Waals surface area contributed by atoms with Gasteiger partial charge in [0.1, 0.15) is 11.5 Å². The second kappa shape index (κ2) is 11.2. The van der Waals surface area contributed by atoms with Gasteiger partial charge in [-0.1, -0.05) is 37.6 Å². The zero-order chi connectivity index (χ0) is 24.9. The molecular formula is C27H31ClN2O5. The molecule has 2 fully saturated rings. The van der Waals surface area contributed by atoms with Gasteiger partial charge in [0.25, 0.3) is 11.7 Å². The van der Waals surface area contributed by atoms with E-state index in [0.29, 0.717) is 60.7 Å². The quantitative estimate of drug-likeness (QED) is 0.335. The highest BCUT2D eigenvalue weighted by Gasteiger charge is 2.46. The minimum absolute atomic E-state index is 0.0788. The topological polar surface area (TPSA) is 79.3 Å². The molecule has 186 valence electrons. The van der Waals surface area contributed by atoms with E-state index in [4.69, 9.17) is 21.1 Å². The molecule has 0 aliphatic carbocycles. The summed E-state index contributed by atoms with van der Waals surface area (Å²) in [6, 6.07) is 13.2. The van der Waals surface area contributed by atoms with Gasteiger partial charge >= 0.3 is 0 Å². The normalized spacial score (nSPS) is 20.6. The summed E-state index contributed by atoms with van der Waals surface area (Å²) < 4.78 is 11.1. The highest BCUT2D eigenvalue weighted by atomic mass is 35.5. The average Bonchev–Trinajstić information content (AvgIpc) is 3.12. The number of carbonyl (C=O) groups is 2. The molecule has 8 heteroatoms. The van der Waals surface area contributed by atoms with Crippen molar-refractivity contribution >= 4 is 29.1 Å². The summed E-state index contributed by atoms with van der Waals surface area (Å²) in [6.45, 7) is 8.54. The molecule has 2 aliphatic heterocycles. The molecular weight excluding hydrogens is 468 g/mol. The molecule has 2 saturated heterocycles. The summed E-state index contributed by atoms with van der Waals surface area (Å²) in [5, 5.41) is 11.8. The van der Waals surface area contributed by atoms with Crippen molar-refractivity contribution in [2.45, 2.75) is 19.9 Å². The van der Waals surface area contributed by atoms with E-state index < -0.39 is 17.7 Å². The lowest BCUT2D eigenvalue weighted by molar-refractivity contribution is -0.140. The fourth-order valence-electron chi connectivity index (χ4n) is 4.30. The summed E-state index contributed by atoms with van der Waals surface area (Å²) in [5.41, 5.74) is 1.25. The van der Waals surface area contributed by atoms with Gasteiger partial charge < -0.3 is 19.5 Å². The number of halogens is 1. The number of ether oxygens (including phenoxy) is 2.